The summed E-state index contributed by atoms with van der Waals surface area (Å²) >= 11 is 0. The first-order valence-electron chi connectivity index (χ1n) is 16.1. The monoisotopic (exact) mass is 658 g/mol. The lowest BCUT2D eigenvalue weighted by Gasteiger charge is -2.45. The van der Waals surface area contributed by atoms with Gasteiger partial charge in [-0.25, -0.2) is 0 Å². The summed E-state index contributed by atoms with van der Waals surface area (Å²) in [6.07, 6.45) is -7.68. The minimum atomic E-state index is -1.76. The lowest BCUT2D eigenvalue weighted by molar-refractivity contribution is -0.359. The standard InChI is InChI=1S/C30H46N2O14/c33-12-16-21(36)22(37)24(39)30(44-16)46-26-17(13-34)45-29(25(40)23(26)38)43-10-4-8-31-18(35)5-2-1-3-9-32-27(41)19-14-6-7-15(11-14)20(19)28(32)42/h6-7,14-17,19-26,29-30,33-34,36-40H,1-5,8-13H2,(H,31,35)/t14?,15?,16-,17-,19-,20+,21+,22+,23-,24-,25-,26-,29-,30+/m1/s1. The second-order valence-corrected chi connectivity index (χ2v) is 12.7. The molecule has 0 aromatic carbocycles. The zero-order valence-electron chi connectivity index (χ0n) is 25.5. The summed E-state index contributed by atoms with van der Waals surface area (Å²) in [7, 11) is 0. The lowest BCUT2D eigenvalue weighted by atomic mass is 9.85. The van der Waals surface area contributed by atoms with Crippen molar-refractivity contribution in [2.45, 2.75) is 99.9 Å². The minimum absolute atomic E-state index is 0.0300. The van der Waals surface area contributed by atoms with Crippen molar-refractivity contribution in [3.8, 4) is 0 Å². The molecule has 5 rings (SSSR count). The van der Waals surface area contributed by atoms with Crippen LogP contribution in [0.4, 0.5) is 0 Å². The van der Waals surface area contributed by atoms with Crippen LogP contribution in [0, 0.1) is 23.7 Å². The summed E-state index contributed by atoms with van der Waals surface area (Å²) in [4.78, 5) is 39.1. The quantitative estimate of drug-likeness (QED) is 0.0484. The molecule has 3 heterocycles. The number of nitrogens with one attached hydrogen (secondary N) is 1. The van der Waals surface area contributed by atoms with Crippen LogP contribution >= 0.6 is 0 Å². The third-order valence-corrected chi connectivity index (χ3v) is 9.73. The van der Waals surface area contributed by atoms with E-state index in [1.54, 1.807) is 0 Å². The van der Waals surface area contributed by atoms with E-state index in [9.17, 15) is 50.1 Å². The normalized spacial score (nSPS) is 41.8. The molecule has 4 fully saturated rings. The predicted molar refractivity (Wildman–Crippen MR) is 153 cm³/mol. The molecule has 14 atom stereocenters. The van der Waals surface area contributed by atoms with Crippen LogP contribution in [0.3, 0.4) is 0 Å². The van der Waals surface area contributed by atoms with Crippen molar-refractivity contribution in [3.05, 3.63) is 12.2 Å². The summed E-state index contributed by atoms with van der Waals surface area (Å²) in [6, 6.07) is 0. The molecule has 0 aromatic heterocycles. The van der Waals surface area contributed by atoms with Gasteiger partial charge in [0.05, 0.1) is 31.7 Å². The van der Waals surface area contributed by atoms with Crippen molar-refractivity contribution in [1.82, 2.24) is 10.2 Å². The molecular formula is C30H46N2O14. The van der Waals surface area contributed by atoms with Crippen molar-refractivity contribution in [3.63, 3.8) is 0 Å². The number of hydrogen-bond acceptors (Lipinski definition) is 14. The van der Waals surface area contributed by atoms with Crippen LogP contribution < -0.4 is 5.32 Å². The SMILES string of the molecule is O=C(CCCCCN1C(=O)[C@@H]2C3C=CC(C3)[C@@H]2C1=O)NCCCO[C@@H]1O[C@H](CO)[C@@H](O[C@@H]2O[C@H](CO)[C@H](O)[C@H](O)[C@H]2O)[C@H](O)[C@H]1O. The molecule has 0 spiro atoms. The maximum atomic E-state index is 12.7. The molecule has 3 amide bonds. The fraction of sp³-hybridized carbons (Fsp3) is 0.833. The first-order valence-corrected chi connectivity index (χ1v) is 16.1. The number of fused-ring (bicyclic) bond motifs is 5. The topological polar surface area (TPSA) is 245 Å². The Labute approximate surface area is 265 Å². The van der Waals surface area contributed by atoms with Gasteiger partial charge in [0.15, 0.2) is 12.6 Å². The van der Waals surface area contributed by atoms with E-state index in [1.165, 1.54) is 4.90 Å². The Morgan fingerprint density at radius 1 is 0.804 bits per heavy atom. The van der Waals surface area contributed by atoms with Crippen LogP contribution in [0.15, 0.2) is 12.2 Å². The van der Waals surface area contributed by atoms with Crippen LogP contribution in [0.1, 0.15) is 38.5 Å². The Bertz CT molecular complexity index is 1080. The highest BCUT2D eigenvalue weighted by Gasteiger charge is 2.59. The average molecular weight is 659 g/mol. The van der Waals surface area contributed by atoms with E-state index in [1.807, 2.05) is 0 Å². The molecule has 0 radical (unpaired) electrons. The van der Waals surface area contributed by atoms with Gasteiger partial charge >= 0.3 is 0 Å². The number of nitrogens with zero attached hydrogens (tertiary/aromatic N) is 1. The van der Waals surface area contributed by atoms with Crippen molar-refractivity contribution in [1.29, 1.82) is 0 Å². The number of unbranched alkanes of at least 4 members (excludes halogenated alkanes) is 2. The second-order valence-electron chi connectivity index (χ2n) is 12.7. The van der Waals surface area contributed by atoms with Crippen molar-refractivity contribution in [2.75, 3.05) is 32.9 Å². The van der Waals surface area contributed by atoms with Crippen molar-refractivity contribution >= 4 is 17.7 Å². The van der Waals surface area contributed by atoms with E-state index in [0.29, 0.717) is 32.2 Å². The Balaban J connectivity index is 0.949. The van der Waals surface area contributed by atoms with Crippen LogP contribution in [-0.2, 0) is 33.3 Å². The van der Waals surface area contributed by atoms with E-state index in [2.05, 4.69) is 17.5 Å². The van der Waals surface area contributed by atoms with Crippen molar-refractivity contribution in [2.24, 2.45) is 23.7 Å². The maximum absolute atomic E-state index is 12.7. The Hall–Kier alpha value is -2.09. The Morgan fingerprint density at radius 2 is 1.43 bits per heavy atom. The largest absolute Gasteiger partial charge is 0.394 e. The molecule has 2 bridgehead atoms. The summed E-state index contributed by atoms with van der Waals surface area (Å²) in [5.74, 6) is -0.279. The molecule has 5 aliphatic rings. The number of hydrogen-bond donors (Lipinski definition) is 8. The molecule has 260 valence electrons. The summed E-state index contributed by atoms with van der Waals surface area (Å²) < 4.78 is 21.9. The van der Waals surface area contributed by atoms with E-state index in [4.69, 9.17) is 18.9 Å². The van der Waals surface area contributed by atoms with Gasteiger partial charge in [-0.1, -0.05) is 18.6 Å². The minimum Gasteiger partial charge on any atom is -0.394 e. The fourth-order valence-corrected chi connectivity index (χ4v) is 7.20. The van der Waals surface area contributed by atoms with E-state index in [0.717, 1.165) is 6.42 Å². The van der Waals surface area contributed by atoms with Gasteiger partial charge in [-0.3, -0.25) is 19.3 Å². The molecule has 3 aliphatic heterocycles. The summed E-state index contributed by atoms with van der Waals surface area (Å²) in [6.45, 7) is -0.688. The second kappa shape index (κ2) is 15.4. The number of aliphatic hydroxyl groups excluding tert-OH is 7. The molecule has 1 saturated carbocycles. The molecule has 0 aromatic rings. The number of amides is 3. The maximum Gasteiger partial charge on any atom is 0.233 e. The lowest BCUT2D eigenvalue weighted by Crippen LogP contribution is -2.64. The van der Waals surface area contributed by atoms with Gasteiger partial charge in [-0.15, -0.1) is 0 Å². The van der Waals surface area contributed by atoms with Gasteiger partial charge in [0.25, 0.3) is 0 Å². The smallest absolute Gasteiger partial charge is 0.233 e. The molecular weight excluding hydrogens is 612 g/mol. The van der Waals surface area contributed by atoms with Gasteiger partial charge in [0, 0.05) is 19.5 Å². The van der Waals surface area contributed by atoms with Crippen LogP contribution in [0.25, 0.3) is 0 Å². The first kappa shape index (κ1) is 35.2. The van der Waals surface area contributed by atoms with E-state index < -0.39 is 74.6 Å². The Morgan fingerprint density at radius 3 is 2.09 bits per heavy atom. The fourth-order valence-electron chi connectivity index (χ4n) is 7.20. The highest BCUT2D eigenvalue weighted by Crippen LogP contribution is 2.52. The van der Waals surface area contributed by atoms with Crippen LogP contribution in [0.5, 0.6) is 0 Å². The molecule has 2 aliphatic carbocycles. The molecule has 2 unspecified atom stereocenters. The number of likely N-dealkylation sites (tertiary alicyclic amines) is 1. The number of carbonyl (C=O) groups excluding carboxylic acids is 3. The summed E-state index contributed by atoms with van der Waals surface area (Å²) in [5, 5.41) is 73.3. The third kappa shape index (κ3) is 7.17. The van der Waals surface area contributed by atoms with E-state index >= 15 is 0 Å². The third-order valence-electron chi connectivity index (χ3n) is 9.73. The highest BCUT2D eigenvalue weighted by molar-refractivity contribution is 6.06. The number of aliphatic hydroxyl groups is 7. The zero-order chi connectivity index (χ0) is 33.1. The first-order chi connectivity index (χ1) is 22.1. The van der Waals surface area contributed by atoms with Crippen LogP contribution in [-0.4, -0.2) is 153 Å². The van der Waals surface area contributed by atoms with Gasteiger partial charge in [0.2, 0.25) is 17.7 Å². The molecule has 16 nitrogen and oxygen atoms in total. The van der Waals surface area contributed by atoms with Gasteiger partial charge in [-0.05, 0) is 37.5 Å². The van der Waals surface area contributed by atoms with Crippen molar-refractivity contribution < 1.29 is 69.1 Å². The van der Waals surface area contributed by atoms with E-state index in [-0.39, 0.29) is 61.0 Å². The van der Waals surface area contributed by atoms with Gasteiger partial charge < -0.3 is 60.0 Å². The predicted octanol–water partition coefficient (Wildman–Crippen LogP) is -3.50. The molecule has 8 N–H and O–H groups in total. The number of imide groups is 1. The summed E-state index contributed by atoms with van der Waals surface area (Å²) in [5.41, 5.74) is 0. The Kier molecular flexibility index (Phi) is 11.8. The molecule has 16 heteroatoms. The average Bonchev–Trinajstić information content (AvgIpc) is 3.74. The van der Waals surface area contributed by atoms with Gasteiger partial charge in [-0.2, -0.15) is 0 Å². The zero-order valence-corrected chi connectivity index (χ0v) is 25.5. The number of carbonyl (C=O) groups is 3. The molecule has 3 saturated heterocycles. The number of rotatable bonds is 15. The highest BCUT2D eigenvalue weighted by atomic mass is 16.7. The van der Waals surface area contributed by atoms with Gasteiger partial charge in [0.1, 0.15) is 48.8 Å². The molecule has 46 heavy (non-hydrogen) atoms. The number of ether oxygens (including phenoxy) is 4. The number of allylic oxidation sites excluding steroid dienone is 2. The van der Waals surface area contributed by atoms with Crippen LogP contribution in [0.2, 0.25) is 0 Å².